The van der Waals surface area contributed by atoms with E-state index in [9.17, 15) is 21.6 Å². The fourth-order valence-corrected chi connectivity index (χ4v) is 3.17. The fourth-order valence-electron chi connectivity index (χ4n) is 2.52. The standard InChI is InChI=1S/C16H13F3N2O2S/c1-24(22,23)13-5-4-12(14(9-13)16(17,18)19)10-21-8-6-11-3-2-7-20-15(11)21/h2-9H,10H2,1H3. The van der Waals surface area contributed by atoms with Gasteiger partial charge < -0.3 is 4.57 Å². The van der Waals surface area contributed by atoms with Crippen molar-refractivity contribution >= 4 is 20.9 Å². The molecule has 0 N–H and O–H groups in total. The van der Waals surface area contributed by atoms with Crippen LogP contribution in [0.4, 0.5) is 13.2 Å². The summed E-state index contributed by atoms with van der Waals surface area (Å²) in [5.74, 6) is 0. The van der Waals surface area contributed by atoms with Gasteiger partial charge in [-0.2, -0.15) is 13.2 Å². The largest absolute Gasteiger partial charge is 0.416 e. The Balaban J connectivity index is 2.10. The Hall–Kier alpha value is -2.35. The molecule has 3 rings (SSSR count). The molecule has 0 aliphatic carbocycles. The molecule has 2 heterocycles. The molecule has 8 heteroatoms. The maximum absolute atomic E-state index is 13.3. The number of alkyl halides is 3. The van der Waals surface area contributed by atoms with Gasteiger partial charge in [-0.05, 0) is 35.9 Å². The summed E-state index contributed by atoms with van der Waals surface area (Å²) in [4.78, 5) is 3.82. The molecule has 0 bridgehead atoms. The van der Waals surface area contributed by atoms with Crippen molar-refractivity contribution in [2.24, 2.45) is 0 Å². The number of halogens is 3. The van der Waals surface area contributed by atoms with Crippen LogP contribution in [0.1, 0.15) is 11.1 Å². The first kappa shape index (κ1) is 16.5. The first-order valence-electron chi connectivity index (χ1n) is 6.96. The Labute approximate surface area is 136 Å². The molecule has 4 nitrogen and oxygen atoms in total. The molecule has 2 aromatic heterocycles. The lowest BCUT2D eigenvalue weighted by Gasteiger charge is -2.15. The van der Waals surface area contributed by atoms with Gasteiger partial charge in [0.2, 0.25) is 0 Å². The Morgan fingerprint density at radius 2 is 1.92 bits per heavy atom. The minimum Gasteiger partial charge on any atom is -0.328 e. The van der Waals surface area contributed by atoms with E-state index in [1.165, 1.54) is 12.1 Å². The highest BCUT2D eigenvalue weighted by molar-refractivity contribution is 7.90. The van der Waals surface area contributed by atoms with Crippen molar-refractivity contribution in [2.45, 2.75) is 17.6 Å². The van der Waals surface area contributed by atoms with E-state index < -0.39 is 21.6 Å². The number of sulfone groups is 1. The maximum atomic E-state index is 13.3. The first-order chi connectivity index (χ1) is 11.2. The highest BCUT2D eigenvalue weighted by Gasteiger charge is 2.34. The van der Waals surface area contributed by atoms with Crippen molar-refractivity contribution in [1.82, 2.24) is 9.55 Å². The van der Waals surface area contributed by atoms with Gasteiger partial charge in [-0.25, -0.2) is 13.4 Å². The summed E-state index contributed by atoms with van der Waals surface area (Å²) in [5.41, 5.74) is -0.404. The Bertz CT molecular complexity index is 1010. The predicted octanol–water partition coefficient (Wildman–Crippen LogP) is 3.51. The van der Waals surface area contributed by atoms with Crippen molar-refractivity contribution in [3.05, 3.63) is 59.9 Å². The molecular formula is C16H13F3N2O2S. The van der Waals surface area contributed by atoms with E-state index in [0.29, 0.717) is 11.7 Å². The van der Waals surface area contributed by atoms with Crippen molar-refractivity contribution in [1.29, 1.82) is 0 Å². The topological polar surface area (TPSA) is 52.0 Å². The minimum absolute atomic E-state index is 0.0157. The first-order valence-corrected chi connectivity index (χ1v) is 8.85. The second kappa shape index (κ2) is 5.62. The highest BCUT2D eigenvalue weighted by Crippen LogP contribution is 2.34. The molecule has 0 unspecified atom stereocenters. The number of hydrogen-bond acceptors (Lipinski definition) is 3. The van der Waals surface area contributed by atoms with Crippen LogP contribution in [0.5, 0.6) is 0 Å². The molecule has 126 valence electrons. The zero-order valence-electron chi connectivity index (χ0n) is 12.6. The van der Waals surface area contributed by atoms with E-state index >= 15 is 0 Å². The second-order valence-corrected chi connectivity index (χ2v) is 7.46. The number of aromatic nitrogens is 2. The molecular weight excluding hydrogens is 341 g/mol. The Morgan fingerprint density at radius 3 is 2.58 bits per heavy atom. The summed E-state index contributed by atoms with van der Waals surface area (Å²) in [5, 5.41) is 0.818. The number of hydrogen-bond donors (Lipinski definition) is 0. The van der Waals surface area contributed by atoms with E-state index in [2.05, 4.69) is 4.98 Å². The third kappa shape index (κ3) is 3.14. The van der Waals surface area contributed by atoms with Crippen molar-refractivity contribution in [3.8, 4) is 0 Å². The molecule has 0 aliphatic rings. The average Bonchev–Trinajstić information content (AvgIpc) is 2.89. The van der Waals surface area contributed by atoms with Crippen LogP contribution < -0.4 is 0 Å². The second-order valence-electron chi connectivity index (χ2n) is 5.45. The molecule has 0 spiro atoms. The highest BCUT2D eigenvalue weighted by atomic mass is 32.2. The van der Waals surface area contributed by atoms with Gasteiger partial charge in [0.25, 0.3) is 0 Å². The third-order valence-corrected chi connectivity index (χ3v) is 4.79. The number of rotatable bonds is 3. The SMILES string of the molecule is CS(=O)(=O)c1ccc(Cn2ccc3cccnc32)c(C(F)(F)F)c1. The summed E-state index contributed by atoms with van der Waals surface area (Å²) in [7, 11) is -3.72. The molecule has 0 saturated heterocycles. The summed E-state index contributed by atoms with van der Waals surface area (Å²) < 4.78 is 64.7. The molecule has 0 amide bonds. The van der Waals surface area contributed by atoms with E-state index in [0.717, 1.165) is 11.6 Å². The molecule has 0 saturated carbocycles. The minimum atomic E-state index is -4.65. The van der Waals surface area contributed by atoms with Gasteiger partial charge >= 0.3 is 6.18 Å². The van der Waals surface area contributed by atoms with Crippen molar-refractivity contribution in [2.75, 3.05) is 6.26 Å². The number of benzene rings is 1. The summed E-state index contributed by atoms with van der Waals surface area (Å²) in [6.45, 7) is -0.0562. The molecule has 0 aliphatic heterocycles. The van der Waals surface area contributed by atoms with Gasteiger partial charge in [0.1, 0.15) is 5.65 Å². The summed E-state index contributed by atoms with van der Waals surface area (Å²) >= 11 is 0. The van der Waals surface area contributed by atoms with Gasteiger partial charge in [0.15, 0.2) is 9.84 Å². The molecule has 0 radical (unpaired) electrons. The van der Waals surface area contributed by atoms with Crippen LogP contribution in [0.3, 0.4) is 0 Å². The van der Waals surface area contributed by atoms with Crippen LogP contribution in [0, 0.1) is 0 Å². The molecule has 3 aromatic rings. The summed E-state index contributed by atoms with van der Waals surface area (Å²) in [6, 6.07) is 8.40. The van der Waals surface area contributed by atoms with Crippen LogP contribution in [-0.2, 0) is 22.6 Å². The fraction of sp³-hybridized carbons (Fsp3) is 0.188. The van der Waals surface area contributed by atoms with E-state index in [1.807, 2.05) is 6.07 Å². The third-order valence-electron chi connectivity index (χ3n) is 3.68. The van der Waals surface area contributed by atoms with Crippen molar-refractivity contribution in [3.63, 3.8) is 0 Å². The zero-order valence-corrected chi connectivity index (χ0v) is 13.4. The van der Waals surface area contributed by atoms with E-state index in [1.54, 1.807) is 29.1 Å². The molecule has 24 heavy (non-hydrogen) atoms. The van der Waals surface area contributed by atoms with Gasteiger partial charge in [-0.3, -0.25) is 0 Å². The predicted molar refractivity (Wildman–Crippen MR) is 83.4 cm³/mol. The van der Waals surface area contributed by atoms with Gasteiger partial charge in [-0.1, -0.05) is 6.07 Å². The average molecular weight is 354 g/mol. The van der Waals surface area contributed by atoms with Crippen LogP contribution in [0.2, 0.25) is 0 Å². The van der Waals surface area contributed by atoms with Crippen molar-refractivity contribution < 1.29 is 21.6 Å². The maximum Gasteiger partial charge on any atom is 0.416 e. The van der Waals surface area contributed by atoms with Crippen LogP contribution in [0.15, 0.2) is 53.7 Å². The lowest BCUT2D eigenvalue weighted by atomic mass is 10.1. The number of nitrogens with zero attached hydrogens (tertiary/aromatic N) is 2. The Kier molecular flexibility index (Phi) is 3.87. The number of fused-ring (bicyclic) bond motifs is 1. The van der Waals surface area contributed by atoms with Gasteiger partial charge in [0.05, 0.1) is 10.5 Å². The smallest absolute Gasteiger partial charge is 0.328 e. The van der Waals surface area contributed by atoms with Gasteiger partial charge in [-0.15, -0.1) is 0 Å². The molecule has 0 atom stereocenters. The van der Waals surface area contributed by atoms with Crippen LogP contribution in [0.25, 0.3) is 11.0 Å². The molecule has 0 fully saturated rings. The zero-order chi connectivity index (χ0) is 17.5. The lowest BCUT2D eigenvalue weighted by Crippen LogP contribution is -2.13. The Morgan fingerprint density at radius 1 is 1.17 bits per heavy atom. The van der Waals surface area contributed by atoms with Crippen LogP contribution >= 0.6 is 0 Å². The monoisotopic (exact) mass is 354 g/mol. The normalized spacial score (nSPS) is 12.7. The summed E-state index contributed by atoms with van der Waals surface area (Å²) in [6.07, 6.45) is -0.545. The lowest BCUT2D eigenvalue weighted by molar-refractivity contribution is -0.138. The van der Waals surface area contributed by atoms with E-state index in [4.69, 9.17) is 0 Å². The van der Waals surface area contributed by atoms with E-state index in [-0.39, 0.29) is 17.0 Å². The quantitative estimate of drug-likeness (QED) is 0.723. The van der Waals surface area contributed by atoms with Gasteiger partial charge in [0, 0.05) is 30.6 Å². The molecule has 1 aromatic carbocycles. The van der Waals surface area contributed by atoms with Crippen LogP contribution in [-0.4, -0.2) is 24.2 Å². The number of pyridine rings is 1.